The molecule has 1 spiro atoms. The van der Waals surface area contributed by atoms with Crippen molar-refractivity contribution in [3.8, 4) is 0 Å². The van der Waals surface area contributed by atoms with Gasteiger partial charge in [-0.3, -0.25) is 9.78 Å². The fourth-order valence-electron chi connectivity index (χ4n) is 4.39. The number of rotatable bonds is 3. The van der Waals surface area contributed by atoms with Gasteiger partial charge in [0.15, 0.2) is 0 Å². The quantitative estimate of drug-likeness (QED) is 0.847. The van der Waals surface area contributed by atoms with Crippen molar-refractivity contribution in [2.75, 3.05) is 19.7 Å². The second-order valence-corrected chi connectivity index (χ2v) is 7.61. The van der Waals surface area contributed by atoms with Crippen molar-refractivity contribution >= 4 is 5.91 Å². The number of carbonyl (C=O) groups excluding carboxylic acids is 1. The van der Waals surface area contributed by atoms with Crippen LogP contribution in [0.3, 0.4) is 0 Å². The maximum absolute atomic E-state index is 12.6. The van der Waals surface area contributed by atoms with Crippen LogP contribution in [0.5, 0.6) is 0 Å². The van der Waals surface area contributed by atoms with E-state index in [0.29, 0.717) is 11.5 Å². The summed E-state index contributed by atoms with van der Waals surface area (Å²) in [6, 6.07) is 14.4. The van der Waals surface area contributed by atoms with Gasteiger partial charge in [0.05, 0.1) is 11.2 Å². The van der Waals surface area contributed by atoms with Crippen molar-refractivity contribution < 1.29 is 9.53 Å². The van der Waals surface area contributed by atoms with Crippen LogP contribution in [-0.2, 0) is 11.2 Å². The first-order valence-electron chi connectivity index (χ1n) is 9.61. The van der Waals surface area contributed by atoms with Crippen LogP contribution in [0.2, 0.25) is 0 Å². The molecule has 2 fully saturated rings. The third kappa shape index (κ3) is 3.80. The standard InChI is InChI=1S/C22H26N2O2/c25-21(20-7-4-11-23-17-20)24-12-9-22(10-13-24)16-19(8-14-26-22)15-18-5-2-1-3-6-18/h1-7,11,17,19H,8-10,12-16H2. The van der Waals surface area contributed by atoms with Gasteiger partial charge in [0, 0.05) is 32.1 Å². The summed E-state index contributed by atoms with van der Waals surface area (Å²) in [4.78, 5) is 18.6. The predicted octanol–water partition coefficient (Wildman–Crippen LogP) is 3.73. The van der Waals surface area contributed by atoms with Crippen molar-refractivity contribution in [2.45, 2.75) is 37.7 Å². The van der Waals surface area contributed by atoms with Crippen molar-refractivity contribution in [1.29, 1.82) is 0 Å². The first-order chi connectivity index (χ1) is 12.7. The Morgan fingerprint density at radius 1 is 1.15 bits per heavy atom. The van der Waals surface area contributed by atoms with E-state index in [1.54, 1.807) is 12.4 Å². The summed E-state index contributed by atoms with van der Waals surface area (Å²) < 4.78 is 6.26. The van der Waals surface area contributed by atoms with Crippen LogP contribution in [0.4, 0.5) is 0 Å². The summed E-state index contributed by atoms with van der Waals surface area (Å²) in [7, 11) is 0. The van der Waals surface area contributed by atoms with Gasteiger partial charge < -0.3 is 9.64 Å². The number of hydrogen-bond acceptors (Lipinski definition) is 3. The molecule has 1 atom stereocenters. The van der Waals surface area contributed by atoms with Crippen LogP contribution in [0.25, 0.3) is 0 Å². The largest absolute Gasteiger partial charge is 0.375 e. The molecule has 1 aromatic heterocycles. The molecule has 1 amide bonds. The molecule has 2 saturated heterocycles. The van der Waals surface area contributed by atoms with Crippen molar-refractivity contribution in [3.05, 3.63) is 66.0 Å². The van der Waals surface area contributed by atoms with Gasteiger partial charge in [-0.1, -0.05) is 30.3 Å². The summed E-state index contributed by atoms with van der Waals surface area (Å²) in [5.74, 6) is 0.760. The second-order valence-electron chi connectivity index (χ2n) is 7.61. The lowest BCUT2D eigenvalue weighted by Crippen LogP contribution is -2.51. The molecule has 136 valence electrons. The molecule has 4 nitrogen and oxygen atoms in total. The van der Waals surface area contributed by atoms with E-state index in [1.165, 1.54) is 5.56 Å². The van der Waals surface area contributed by atoms with E-state index in [9.17, 15) is 4.79 Å². The third-order valence-corrected chi connectivity index (χ3v) is 5.83. The zero-order valence-corrected chi connectivity index (χ0v) is 15.1. The average molecular weight is 350 g/mol. The fourth-order valence-corrected chi connectivity index (χ4v) is 4.39. The minimum absolute atomic E-state index is 0.0383. The van der Waals surface area contributed by atoms with Gasteiger partial charge in [-0.2, -0.15) is 0 Å². The molecule has 4 heteroatoms. The lowest BCUT2D eigenvalue weighted by Gasteiger charge is -2.46. The highest BCUT2D eigenvalue weighted by molar-refractivity contribution is 5.93. The molecule has 1 aromatic carbocycles. The second kappa shape index (κ2) is 7.58. The zero-order chi connectivity index (χ0) is 17.8. The fraction of sp³-hybridized carbons (Fsp3) is 0.455. The summed E-state index contributed by atoms with van der Waals surface area (Å²) in [5.41, 5.74) is 2.05. The smallest absolute Gasteiger partial charge is 0.255 e. The molecule has 0 saturated carbocycles. The number of amides is 1. The number of aromatic nitrogens is 1. The number of likely N-dealkylation sites (tertiary alicyclic amines) is 1. The minimum Gasteiger partial charge on any atom is -0.375 e. The van der Waals surface area contributed by atoms with Crippen molar-refractivity contribution in [2.24, 2.45) is 5.92 Å². The summed E-state index contributed by atoms with van der Waals surface area (Å²) in [6.07, 6.45) is 8.59. The number of carbonyl (C=O) groups is 1. The molecule has 2 aromatic rings. The molecule has 1 unspecified atom stereocenters. The van der Waals surface area contributed by atoms with Crippen LogP contribution < -0.4 is 0 Å². The first-order valence-corrected chi connectivity index (χ1v) is 9.61. The molecule has 2 aliphatic rings. The Labute approximate surface area is 155 Å². The third-order valence-electron chi connectivity index (χ3n) is 5.83. The molecule has 3 heterocycles. The molecule has 0 N–H and O–H groups in total. The van der Waals surface area contributed by atoms with Crippen molar-refractivity contribution in [3.63, 3.8) is 0 Å². The summed E-state index contributed by atoms with van der Waals surface area (Å²) >= 11 is 0. The Hall–Kier alpha value is -2.20. The maximum atomic E-state index is 12.6. The van der Waals surface area contributed by atoms with E-state index in [-0.39, 0.29) is 11.5 Å². The monoisotopic (exact) mass is 350 g/mol. The number of benzene rings is 1. The summed E-state index contributed by atoms with van der Waals surface area (Å²) in [5, 5.41) is 0. The van der Waals surface area contributed by atoms with E-state index in [0.717, 1.165) is 51.8 Å². The lowest BCUT2D eigenvalue weighted by molar-refractivity contribution is -0.123. The van der Waals surface area contributed by atoms with Crippen LogP contribution in [0.1, 0.15) is 41.6 Å². The van der Waals surface area contributed by atoms with Gasteiger partial charge in [0.25, 0.3) is 5.91 Å². The topological polar surface area (TPSA) is 42.4 Å². The van der Waals surface area contributed by atoms with E-state index >= 15 is 0 Å². The normalized spacial score (nSPS) is 22.3. The van der Waals surface area contributed by atoms with E-state index in [1.807, 2.05) is 17.0 Å². The number of nitrogens with zero attached hydrogens (tertiary/aromatic N) is 2. The Bertz CT molecular complexity index is 724. The Kier molecular flexibility index (Phi) is 5.02. The summed E-state index contributed by atoms with van der Waals surface area (Å²) in [6.45, 7) is 2.38. The molecule has 4 rings (SSSR count). The maximum Gasteiger partial charge on any atom is 0.255 e. The molecular weight excluding hydrogens is 324 g/mol. The number of hydrogen-bond donors (Lipinski definition) is 0. The van der Waals surface area contributed by atoms with Gasteiger partial charge in [-0.25, -0.2) is 0 Å². The predicted molar refractivity (Wildman–Crippen MR) is 101 cm³/mol. The van der Waals surface area contributed by atoms with Gasteiger partial charge in [-0.15, -0.1) is 0 Å². The Balaban J connectivity index is 1.36. The Morgan fingerprint density at radius 3 is 2.69 bits per heavy atom. The van der Waals surface area contributed by atoms with E-state index in [4.69, 9.17) is 4.74 Å². The van der Waals surface area contributed by atoms with Crippen LogP contribution in [0, 0.1) is 5.92 Å². The molecule has 2 aliphatic heterocycles. The average Bonchev–Trinajstić information content (AvgIpc) is 2.70. The molecule has 0 bridgehead atoms. The number of piperidine rings is 1. The SMILES string of the molecule is O=C(c1cccnc1)N1CCC2(CC1)CC(Cc1ccccc1)CCO2. The highest BCUT2D eigenvalue weighted by Crippen LogP contribution is 2.39. The van der Waals surface area contributed by atoms with Crippen LogP contribution >= 0.6 is 0 Å². The van der Waals surface area contributed by atoms with E-state index < -0.39 is 0 Å². The molecule has 26 heavy (non-hydrogen) atoms. The van der Waals surface area contributed by atoms with Crippen LogP contribution in [-0.4, -0.2) is 41.1 Å². The van der Waals surface area contributed by atoms with Gasteiger partial charge in [-0.05, 0) is 55.7 Å². The molecule has 0 radical (unpaired) electrons. The first kappa shape index (κ1) is 17.2. The van der Waals surface area contributed by atoms with Gasteiger partial charge in [0.2, 0.25) is 0 Å². The van der Waals surface area contributed by atoms with Crippen LogP contribution in [0.15, 0.2) is 54.9 Å². The van der Waals surface area contributed by atoms with Crippen molar-refractivity contribution in [1.82, 2.24) is 9.88 Å². The van der Waals surface area contributed by atoms with Gasteiger partial charge >= 0.3 is 0 Å². The van der Waals surface area contributed by atoms with Gasteiger partial charge in [0.1, 0.15) is 0 Å². The van der Waals surface area contributed by atoms with E-state index in [2.05, 4.69) is 35.3 Å². The zero-order valence-electron chi connectivity index (χ0n) is 15.1. The number of ether oxygens (including phenoxy) is 1. The minimum atomic E-state index is -0.0383. The molecular formula is C22H26N2O2. The highest BCUT2D eigenvalue weighted by Gasteiger charge is 2.41. The lowest BCUT2D eigenvalue weighted by atomic mass is 9.77. The number of pyridine rings is 1. The highest BCUT2D eigenvalue weighted by atomic mass is 16.5. The Morgan fingerprint density at radius 2 is 1.96 bits per heavy atom. The molecule has 0 aliphatic carbocycles.